The van der Waals surface area contributed by atoms with Crippen LogP contribution in [0.25, 0.3) is 0 Å². The maximum Gasteiger partial charge on any atom is 0.323 e. The van der Waals surface area contributed by atoms with Crippen LogP contribution in [-0.2, 0) is 16.0 Å². The Kier molecular flexibility index (Phi) is 7.16. The Balaban J connectivity index is 0.00000154. The van der Waals surface area contributed by atoms with Crippen LogP contribution in [0.2, 0.25) is 0 Å². The van der Waals surface area contributed by atoms with Crippen LogP contribution in [-0.4, -0.2) is 22.7 Å². The average molecular weight is 267 g/mol. The summed E-state index contributed by atoms with van der Waals surface area (Å²) >= 11 is 0. The minimum Gasteiger partial charge on any atom is -0.508 e. The molecule has 1 aromatic carbocycles. The van der Waals surface area contributed by atoms with Crippen molar-refractivity contribution in [2.75, 3.05) is 0 Å². The fourth-order valence-electron chi connectivity index (χ4n) is 1.35. The maximum absolute atomic E-state index is 11.6. The number of hydrogen-bond acceptors (Lipinski definition) is 4. The molecule has 0 aromatic heterocycles. The van der Waals surface area contributed by atoms with Crippen molar-refractivity contribution in [1.82, 2.24) is 0 Å². The van der Waals surface area contributed by atoms with Crippen LogP contribution in [0, 0.1) is 0 Å². The number of benzene rings is 1. The third-order valence-corrected chi connectivity index (χ3v) is 2.10. The first-order valence-electron chi connectivity index (χ1n) is 6.54. The van der Waals surface area contributed by atoms with E-state index in [4.69, 9.17) is 15.6 Å². The van der Waals surface area contributed by atoms with E-state index in [1.54, 1.807) is 45.0 Å². The van der Waals surface area contributed by atoms with Crippen LogP contribution in [0.15, 0.2) is 24.3 Å². The summed E-state index contributed by atoms with van der Waals surface area (Å²) in [5.41, 5.74) is 6.12. The van der Waals surface area contributed by atoms with Crippen molar-refractivity contribution < 1.29 is 14.6 Å². The highest BCUT2D eigenvalue weighted by Crippen LogP contribution is 2.13. The number of rotatable bonds is 3. The van der Waals surface area contributed by atoms with E-state index in [-0.39, 0.29) is 5.75 Å². The minimum atomic E-state index is -0.682. The van der Waals surface area contributed by atoms with E-state index >= 15 is 0 Å². The molecule has 0 aliphatic rings. The Bertz CT molecular complexity index is 379. The molecule has 1 rings (SSSR count). The van der Waals surface area contributed by atoms with Crippen molar-refractivity contribution >= 4 is 5.97 Å². The normalized spacial score (nSPS) is 12.1. The smallest absolute Gasteiger partial charge is 0.323 e. The van der Waals surface area contributed by atoms with Gasteiger partial charge in [0.15, 0.2) is 0 Å². The Morgan fingerprint density at radius 3 is 2.16 bits per heavy atom. The van der Waals surface area contributed by atoms with Crippen LogP contribution < -0.4 is 5.73 Å². The number of carbonyl (C=O) groups excluding carboxylic acids is 1. The molecule has 0 fully saturated rings. The van der Waals surface area contributed by atoms with Gasteiger partial charge in [0.05, 0.1) is 0 Å². The van der Waals surface area contributed by atoms with Crippen molar-refractivity contribution in [3.8, 4) is 5.75 Å². The Morgan fingerprint density at radius 2 is 1.74 bits per heavy atom. The molecule has 1 aromatic rings. The van der Waals surface area contributed by atoms with Crippen molar-refractivity contribution in [3.05, 3.63) is 29.8 Å². The summed E-state index contributed by atoms with van der Waals surface area (Å²) in [4.78, 5) is 11.6. The molecule has 0 spiro atoms. The number of nitrogens with two attached hydrogens (primary N) is 1. The summed E-state index contributed by atoms with van der Waals surface area (Å²) in [5, 5.41) is 9.13. The van der Waals surface area contributed by atoms with Crippen LogP contribution in [0.3, 0.4) is 0 Å². The van der Waals surface area contributed by atoms with Gasteiger partial charge in [-0.25, -0.2) is 0 Å². The van der Waals surface area contributed by atoms with Gasteiger partial charge in [0.2, 0.25) is 0 Å². The quantitative estimate of drug-likeness (QED) is 0.826. The Hall–Kier alpha value is -1.55. The lowest BCUT2D eigenvalue weighted by Crippen LogP contribution is -2.38. The average Bonchev–Trinajstić information content (AvgIpc) is 2.32. The number of phenolic OH excluding ortho intramolecular Hbond substituents is 1. The molecule has 1 atom stereocenters. The minimum absolute atomic E-state index is 0.194. The third kappa shape index (κ3) is 7.47. The van der Waals surface area contributed by atoms with Crippen molar-refractivity contribution in [2.24, 2.45) is 5.73 Å². The topological polar surface area (TPSA) is 72.5 Å². The van der Waals surface area contributed by atoms with Crippen LogP contribution in [0.4, 0.5) is 0 Å². The zero-order valence-corrected chi connectivity index (χ0v) is 12.4. The highest BCUT2D eigenvalue weighted by molar-refractivity contribution is 5.76. The van der Waals surface area contributed by atoms with Gasteiger partial charge in [0, 0.05) is 0 Å². The molecule has 3 N–H and O–H groups in total. The molecule has 0 heterocycles. The summed E-state index contributed by atoms with van der Waals surface area (Å²) in [6.07, 6.45) is 0.398. The SMILES string of the molecule is CC.CC(C)(C)OC(=O)C(N)Cc1ccc(O)cc1. The van der Waals surface area contributed by atoms with Crippen molar-refractivity contribution in [1.29, 1.82) is 0 Å². The summed E-state index contributed by atoms with van der Waals surface area (Å²) < 4.78 is 5.18. The molecular weight excluding hydrogens is 242 g/mol. The van der Waals surface area contributed by atoms with E-state index in [2.05, 4.69) is 0 Å². The first kappa shape index (κ1) is 17.4. The van der Waals surface area contributed by atoms with Crippen LogP contribution in [0.5, 0.6) is 5.75 Å². The van der Waals surface area contributed by atoms with Gasteiger partial charge < -0.3 is 15.6 Å². The molecule has 0 saturated carbocycles. The summed E-state index contributed by atoms with van der Waals surface area (Å²) in [5.74, 6) is -0.217. The van der Waals surface area contributed by atoms with Gasteiger partial charge in [-0.15, -0.1) is 0 Å². The fraction of sp³-hybridized carbons (Fsp3) is 0.533. The second-order valence-electron chi connectivity index (χ2n) is 5.01. The van der Waals surface area contributed by atoms with E-state index in [0.29, 0.717) is 6.42 Å². The Morgan fingerprint density at radius 1 is 1.26 bits per heavy atom. The molecule has 0 radical (unpaired) electrons. The summed E-state index contributed by atoms with van der Waals surface area (Å²) in [7, 11) is 0. The van der Waals surface area contributed by atoms with Gasteiger partial charge in [-0.2, -0.15) is 0 Å². The molecule has 0 saturated heterocycles. The molecule has 19 heavy (non-hydrogen) atoms. The van der Waals surface area contributed by atoms with E-state index < -0.39 is 17.6 Å². The van der Waals surface area contributed by atoms with E-state index in [0.717, 1.165) is 5.56 Å². The molecule has 4 heteroatoms. The molecule has 1 unspecified atom stereocenters. The molecule has 0 amide bonds. The summed E-state index contributed by atoms with van der Waals surface area (Å²) in [6, 6.07) is 5.92. The number of ether oxygens (including phenoxy) is 1. The predicted molar refractivity (Wildman–Crippen MR) is 77.0 cm³/mol. The van der Waals surface area contributed by atoms with Crippen molar-refractivity contribution in [3.63, 3.8) is 0 Å². The molecule has 0 aliphatic heterocycles. The molecule has 0 bridgehead atoms. The number of aromatic hydroxyl groups is 1. The highest BCUT2D eigenvalue weighted by atomic mass is 16.6. The van der Waals surface area contributed by atoms with E-state index in [1.165, 1.54) is 0 Å². The van der Waals surface area contributed by atoms with Crippen molar-refractivity contribution in [2.45, 2.75) is 52.7 Å². The second-order valence-corrected chi connectivity index (χ2v) is 5.01. The lowest BCUT2D eigenvalue weighted by Gasteiger charge is -2.22. The zero-order chi connectivity index (χ0) is 15.1. The first-order valence-corrected chi connectivity index (χ1v) is 6.54. The highest BCUT2D eigenvalue weighted by Gasteiger charge is 2.22. The first-order chi connectivity index (χ1) is 8.78. The second kappa shape index (κ2) is 7.79. The van der Waals surface area contributed by atoms with Gasteiger partial charge in [-0.3, -0.25) is 4.79 Å². The lowest BCUT2D eigenvalue weighted by atomic mass is 10.1. The molecular formula is C15H25NO3. The number of esters is 1. The predicted octanol–water partition coefficient (Wildman–Crippen LogP) is 2.63. The van der Waals surface area contributed by atoms with Gasteiger partial charge in [0.1, 0.15) is 17.4 Å². The number of carbonyl (C=O) groups is 1. The molecule has 4 nitrogen and oxygen atoms in total. The van der Waals surface area contributed by atoms with Gasteiger partial charge in [-0.05, 0) is 44.9 Å². The lowest BCUT2D eigenvalue weighted by molar-refractivity contribution is -0.156. The van der Waals surface area contributed by atoms with Gasteiger partial charge in [-0.1, -0.05) is 26.0 Å². The fourth-order valence-corrected chi connectivity index (χ4v) is 1.35. The van der Waals surface area contributed by atoms with Gasteiger partial charge >= 0.3 is 5.97 Å². The zero-order valence-electron chi connectivity index (χ0n) is 12.4. The third-order valence-electron chi connectivity index (χ3n) is 2.10. The maximum atomic E-state index is 11.6. The van der Waals surface area contributed by atoms with E-state index in [1.807, 2.05) is 13.8 Å². The molecule has 108 valence electrons. The van der Waals surface area contributed by atoms with Crippen LogP contribution in [0.1, 0.15) is 40.2 Å². The number of hydrogen-bond donors (Lipinski definition) is 2. The standard InChI is InChI=1S/C13H19NO3.C2H6/c1-13(2,3)17-12(16)11(14)8-9-4-6-10(15)7-5-9;1-2/h4-7,11,15H,8,14H2,1-3H3;1-2H3. The van der Waals surface area contributed by atoms with E-state index in [9.17, 15) is 4.79 Å². The molecule has 0 aliphatic carbocycles. The number of phenols is 1. The van der Waals surface area contributed by atoms with Crippen LogP contribution >= 0.6 is 0 Å². The summed E-state index contributed by atoms with van der Waals surface area (Å²) in [6.45, 7) is 9.41. The monoisotopic (exact) mass is 267 g/mol. The van der Waals surface area contributed by atoms with Gasteiger partial charge in [0.25, 0.3) is 0 Å². The largest absolute Gasteiger partial charge is 0.508 e. The Labute approximate surface area is 115 Å².